The zero-order chi connectivity index (χ0) is 7.40. The van der Waals surface area contributed by atoms with Crippen LogP contribution in [-0.4, -0.2) is 11.1 Å². The minimum Gasteiger partial charge on any atom is -0.481 e. The molecule has 0 aliphatic rings. The fraction of sp³-hybridized carbons (Fsp3) is 0.125. The van der Waals surface area contributed by atoms with Gasteiger partial charge in [0.2, 0.25) is 0 Å². The van der Waals surface area contributed by atoms with Crippen LogP contribution in [0.4, 0.5) is 0 Å². The molecule has 1 aromatic carbocycles. The molecule has 0 aliphatic heterocycles. The van der Waals surface area contributed by atoms with Gasteiger partial charge in [0.05, 0.1) is 6.42 Å². The Hall–Kier alpha value is 0.326. The van der Waals surface area contributed by atoms with E-state index in [2.05, 4.69) is 0 Å². The summed E-state index contributed by atoms with van der Waals surface area (Å²) in [6.45, 7) is 0. The van der Waals surface area contributed by atoms with Crippen LogP contribution in [0.25, 0.3) is 0 Å². The smallest absolute Gasteiger partial charge is 0.481 e. The molecule has 0 saturated heterocycles. The van der Waals surface area contributed by atoms with Crippen molar-refractivity contribution < 1.29 is 61.3 Å². The average Bonchev–Trinajstić information content (AvgIpc) is 1.88. The van der Waals surface area contributed by atoms with Crippen LogP contribution in [0.1, 0.15) is 5.56 Å². The predicted molar refractivity (Wildman–Crippen MR) is 37.8 cm³/mol. The Balaban J connectivity index is 0.000001000. The van der Waals surface area contributed by atoms with Crippen molar-refractivity contribution in [3.8, 4) is 0 Å². The zero-order valence-corrected chi connectivity index (χ0v) is 9.57. The Labute approximate surface area is 108 Å². The van der Waals surface area contributed by atoms with E-state index in [1.54, 1.807) is 12.1 Å². The molecule has 2 nitrogen and oxygen atoms in total. The molecule has 0 atom stereocenters. The Morgan fingerprint density at radius 2 is 1.82 bits per heavy atom. The van der Waals surface area contributed by atoms with Gasteiger partial charge in [0.15, 0.2) is 0 Å². The molecule has 11 heavy (non-hydrogen) atoms. The fourth-order valence-electron chi connectivity index (χ4n) is 0.770. The number of aliphatic carboxylic acids is 1. The van der Waals surface area contributed by atoms with E-state index in [-0.39, 0.29) is 57.8 Å². The number of benzene rings is 1. The number of hydrogen-bond donors (Lipinski definition) is 1. The Bertz CT molecular complexity index is 221. The third-order valence-electron chi connectivity index (χ3n) is 1.20. The fourth-order valence-corrected chi connectivity index (χ4v) is 0.770. The second-order valence-corrected chi connectivity index (χ2v) is 2.06. The van der Waals surface area contributed by atoms with Gasteiger partial charge < -0.3 is 5.11 Å². The molecular weight excluding hydrogens is 167 g/mol. The van der Waals surface area contributed by atoms with Crippen LogP contribution in [0.3, 0.4) is 0 Å². The number of carboxylic acids is 1. The summed E-state index contributed by atoms with van der Waals surface area (Å²) in [6.07, 6.45) is 0.112. The third kappa shape index (κ3) is 4.71. The van der Waals surface area contributed by atoms with E-state index in [0.717, 1.165) is 5.56 Å². The SMILES string of the molecule is O=C(O)Cc1ccccc1.[K+]. The normalized spacial score (nSPS) is 8.36. The maximum absolute atomic E-state index is 10.2. The Morgan fingerprint density at radius 1 is 1.27 bits per heavy atom. The van der Waals surface area contributed by atoms with Gasteiger partial charge in [0, 0.05) is 0 Å². The van der Waals surface area contributed by atoms with Crippen molar-refractivity contribution in [3.63, 3.8) is 0 Å². The first-order valence-electron chi connectivity index (χ1n) is 3.05. The second kappa shape index (κ2) is 5.91. The zero-order valence-electron chi connectivity index (χ0n) is 6.45. The van der Waals surface area contributed by atoms with Gasteiger partial charge in [-0.1, -0.05) is 30.3 Å². The molecule has 0 fully saturated rings. The van der Waals surface area contributed by atoms with Crippen molar-refractivity contribution in [1.29, 1.82) is 0 Å². The van der Waals surface area contributed by atoms with Crippen molar-refractivity contribution in [2.75, 3.05) is 0 Å². The van der Waals surface area contributed by atoms with Gasteiger partial charge in [-0.3, -0.25) is 4.79 Å². The summed E-state index contributed by atoms with van der Waals surface area (Å²) in [5, 5.41) is 8.37. The topological polar surface area (TPSA) is 37.3 Å². The first kappa shape index (κ1) is 11.3. The summed E-state index contributed by atoms with van der Waals surface area (Å²) in [4.78, 5) is 10.2. The van der Waals surface area contributed by atoms with Crippen LogP contribution in [0.2, 0.25) is 0 Å². The number of rotatable bonds is 2. The Morgan fingerprint density at radius 3 is 2.27 bits per heavy atom. The van der Waals surface area contributed by atoms with E-state index < -0.39 is 5.97 Å². The molecular formula is C8H8KO2+. The molecule has 0 spiro atoms. The standard InChI is InChI=1S/C8H8O2.K/c9-8(10)6-7-4-2-1-3-5-7;/h1-5H,6H2,(H,9,10);/q;+1. The first-order chi connectivity index (χ1) is 4.79. The van der Waals surface area contributed by atoms with Gasteiger partial charge in [0.1, 0.15) is 0 Å². The van der Waals surface area contributed by atoms with Gasteiger partial charge in [-0.25, -0.2) is 0 Å². The predicted octanol–water partition coefficient (Wildman–Crippen LogP) is -1.68. The monoisotopic (exact) mass is 175 g/mol. The van der Waals surface area contributed by atoms with Crippen LogP contribution in [0.5, 0.6) is 0 Å². The second-order valence-electron chi connectivity index (χ2n) is 2.06. The van der Waals surface area contributed by atoms with Crippen LogP contribution < -0.4 is 51.4 Å². The molecule has 1 rings (SSSR count). The average molecular weight is 175 g/mol. The van der Waals surface area contributed by atoms with Gasteiger partial charge >= 0.3 is 57.4 Å². The van der Waals surface area contributed by atoms with Crippen molar-refractivity contribution in [3.05, 3.63) is 35.9 Å². The number of hydrogen-bond acceptors (Lipinski definition) is 1. The number of carbonyl (C=O) groups is 1. The molecule has 3 heteroatoms. The van der Waals surface area contributed by atoms with Gasteiger partial charge in [-0.2, -0.15) is 0 Å². The van der Waals surface area contributed by atoms with Crippen molar-refractivity contribution in [2.45, 2.75) is 6.42 Å². The minimum atomic E-state index is -0.786. The van der Waals surface area contributed by atoms with E-state index in [1.165, 1.54) is 0 Å². The largest absolute Gasteiger partial charge is 1.00 e. The molecule has 0 unspecified atom stereocenters. The summed E-state index contributed by atoms with van der Waals surface area (Å²) < 4.78 is 0. The molecule has 0 heterocycles. The first-order valence-corrected chi connectivity index (χ1v) is 3.05. The number of carboxylic acid groups (broad SMARTS) is 1. The molecule has 0 bridgehead atoms. The molecule has 1 N–H and O–H groups in total. The van der Waals surface area contributed by atoms with Crippen LogP contribution in [0.15, 0.2) is 30.3 Å². The molecule has 0 aliphatic carbocycles. The maximum Gasteiger partial charge on any atom is 1.00 e. The molecule has 52 valence electrons. The van der Waals surface area contributed by atoms with Crippen LogP contribution in [-0.2, 0) is 11.2 Å². The van der Waals surface area contributed by atoms with E-state index in [4.69, 9.17) is 5.11 Å². The summed E-state index contributed by atoms with van der Waals surface area (Å²) in [7, 11) is 0. The van der Waals surface area contributed by atoms with Crippen LogP contribution in [0, 0.1) is 0 Å². The quantitative estimate of drug-likeness (QED) is 0.545. The van der Waals surface area contributed by atoms with Crippen LogP contribution >= 0.6 is 0 Å². The van der Waals surface area contributed by atoms with E-state index in [1.807, 2.05) is 18.2 Å². The van der Waals surface area contributed by atoms with Crippen molar-refractivity contribution in [1.82, 2.24) is 0 Å². The summed E-state index contributed by atoms with van der Waals surface area (Å²) >= 11 is 0. The maximum atomic E-state index is 10.2. The third-order valence-corrected chi connectivity index (χ3v) is 1.20. The summed E-state index contributed by atoms with van der Waals surface area (Å²) in [6, 6.07) is 9.13. The molecule has 1 aromatic rings. The van der Waals surface area contributed by atoms with Gasteiger partial charge in [0.25, 0.3) is 0 Å². The molecule has 0 radical (unpaired) electrons. The summed E-state index contributed by atoms with van der Waals surface area (Å²) in [5.41, 5.74) is 0.843. The molecule has 0 amide bonds. The Kier molecular flexibility index (Phi) is 6.09. The van der Waals surface area contributed by atoms with Crippen molar-refractivity contribution >= 4 is 5.97 Å². The van der Waals surface area contributed by atoms with E-state index >= 15 is 0 Å². The van der Waals surface area contributed by atoms with E-state index in [9.17, 15) is 4.79 Å². The van der Waals surface area contributed by atoms with Gasteiger partial charge in [-0.15, -0.1) is 0 Å². The van der Waals surface area contributed by atoms with Gasteiger partial charge in [-0.05, 0) is 5.56 Å². The minimum absolute atomic E-state index is 0. The van der Waals surface area contributed by atoms with E-state index in [0.29, 0.717) is 0 Å². The molecule has 0 aromatic heterocycles. The summed E-state index contributed by atoms with van der Waals surface area (Å²) in [5.74, 6) is -0.786. The molecule has 0 saturated carbocycles. The van der Waals surface area contributed by atoms with Crippen molar-refractivity contribution in [2.24, 2.45) is 0 Å².